The van der Waals surface area contributed by atoms with Gasteiger partial charge in [-0.2, -0.15) is 0 Å². The van der Waals surface area contributed by atoms with Crippen LogP contribution in [0.15, 0.2) is 42.5 Å². The van der Waals surface area contributed by atoms with Crippen LogP contribution in [0.2, 0.25) is 0 Å². The van der Waals surface area contributed by atoms with E-state index in [-0.39, 0.29) is 6.10 Å². The van der Waals surface area contributed by atoms with E-state index >= 15 is 0 Å². The summed E-state index contributed by atoms with van der Waals surface area (Å²) in [5.74, 6) is 2.24. The minimum atomic E-state index is -0.145. The van der Waals surface area contributed by atoms with Gasteiger partial charge in [-0.15, -0.1) is 0 Å². The second-order valence-electron chi connectivity index (χ2n) is 6.60. The lowest BCUT2D eigenvalue weighted by molar-refractivity contribution is 0.141. The van der Waals surface area contributed by atoms with Gasteiger partial charge in [0.25, 0.3) is 0 Å². The molecule has 0 amide bonds. The van der Waals surface area contributed by atoms with Crippen LogP contribution >= 0.6 is 0 Å². The summed E-state index contributed by atoms with van der Waals surface area (Å²) in [5, 5.41) is 13.2. The molecule has 1 N–H and O–H groups in total. The molecule has 4 rings (SSSR count). The minimum Gasteiger partial charge on any atom is -0.392 e. The molecule has 2 aromatic carbocycles. The third kappa shape index (κ3) is 2.05. The molecular weight excluding hydrogens is 244 g/mol. The summed E-state index contributed by atoms with van der Waals surface area (Å²) in [6.07, 6.45) is 6.12. The summed E-state index contributed by atoms with van der Waals surface area (Å²) in [6, 6.07) is 15.0. The molecule has 0 bridgehead atoms. The van der Waals surface area contributed by atoms with E-state index in [4.69, 9.17) is 0 Å². The zero-order chi connectivity index (χ0) is 13.5. The lowest BCUT2D eigenvalue weighted by Gasteiger charge is -2.12. The highest BCUT2D eigenvalue weighted by Gasteiger charge is 2.53. The molecule has 20 heavy (non-hydrogen) atoms. The predicted octanol–water partition coefficient (Wildman–Crippen LogP) is 4.18. The van der Waals surface area contributed by atoms with Gasteiger partial charge in [-0.25, -0.2) is 0 Å². The number of aliphatic hydroxyl groups is 1. The van der Waals surface area contributed by atoms with Gasteiger partial charge in [0.15, 0.2) is 0 Å². The molecule has 0 saturated heterocycles. The van der Waals surface area contributed by atoms with Crippen molar-refractivity contribution >= 4 is 10.8 Å². The molecule has 1 nitrogen and oxygen atoms in total. The zero-order valence-corrected chi connectivity index (χ0v) is 11.8. The number of hydrogen-bond acceptors (Lipinski definition) is 1. The van der Waals surface area contributed by atoms with Gasteiger partial charge >= 0.3 is 0 Å². The Bertz CT molecular complexity index is 601. The van der Waals surface area contributed by atoms with Gasteiger partial charge in [-0.1, -0.05) is 55.3 Å². The fourth-order valence-corrected chi connectivity index (χ4v) is 4.45. The molecule has 2 aliphatic rings. The topological polar surface area (TPSA) is 20.2 Å². The highest BCUT2D eigenvalue weighted by Crippen LogP contribution is 2.57. The van der Waals surface area contributed by atoms with Crippen LogP contribution in [0.3, 0.4) is 0 Å². The van der Waals surface area contributed by atoms with E-state index in [1.165, 1.54) is 42.0 Å². The van der Waals surface area contributed by atoms with Gasteiger partial charge in [0.1, 0.15) is 0 Å². The average molecular weight is 266 g/mol. The summed E-state index contributed by atoms with van der Waals surface area (Å²) in [5.41, 5.74) is 1.30. The van der Waals surface area contributed by atoms with Gasteiger partial charge in [0.05, 0.1) is 6.10 Å². The van der Waals surface area contributed by atoms with Gasteiger partial charge < -0.3 is 5.11 Å². The molecule has 2 saturated carbocycles. The van der Waals surface area contributed by atoms with Crippen LogP contribution in [0.4, 0.5) is 0 Å². The normalized spacial score (nSPS) is 29.9. The van der Waals surface area contributed by atoms with E-state index in [1.807, 2.05) is 0 Å². The Morgan fingerprint density at radius 1 is 0.950 bits per heavy atom. The Morgan fingerprint density at radius 3 is 2.45 bits per heavy atom. The summed E-state index contributed by atoms with van der Waals surface area (Å²) in [4.78, 5) is 0. The number of aliphatic hydroxyl groups excluding tert-OH is 1. The Hall–Kier alpha value is -1.34. The first kappa shape index (κ1) is 12.4. The van der Waals surface area contributed by atoms with E-state index in [0.717, 1.165) is 18.3 Å². The van der Waals surface area contributed by atoms with Crippen LogP contribution in [0.25, 0.3) is 10.8 Å². The molecule has 0 heterocycles. The van der Waals surface area contributed by atoms with E-state index < -0.39 is 0 Å². The Balaban J connectivity index is 1.56. The van der Waals surface area contributed by atoms with E-state index in [1.54, 1.807) is 0 Å². The summed E-state index contributed by atoms with van der Waals surface area (Å²) >= 11 is 0. The number of rotatable bonds is 3. The summed E-state index contributed by atoms with van der Waals surface area (Å²) < 4.78 is 0. The largest absolute Gasteiger partial charge is 0.392 e. The Labute approximate surface area is 120 Å². The molecule has 0 radical (unpaired) electrons. The van der Waals surface area contributed by atoms with Crippen molar-refractivity contribution in [1.29, 1.82) is 0 Å². The van der Waals surface area contributed by atoms with Crippen molar-refractivity contribution in [2.24, 2.45) is 17.8 Å². The van der Waals surface area contributed by atoms with Crippen molar-refractivity contribution in [3.63, 3.8) is 0 Å². The highest BCUT2D eigenvalue weighted by atomic mass is 16.3. The van der Waals surface area contributed by atoms with Crippen LogP contribution in [-0.2, 0) is 6.42 Å². The van der Waals surface area contributed by atoms with E-state index in [9.17, 15) is 5.11 Å². The molecule has 3 atom stereocenters. The molecule has 104 valence electrons. The van der Waals surface area contributed by atoms with Crippen molar-refractivity contribution < 1.29 is 5.11 Å². The van der Waals surface area contributed by atoms with E-state index in [2.05, 4.69) is 42.5 Å². The van der Waals surface area contributed by atoms with Gasteiger partial charge in [0, 0.05) is 0 Å². The molecule has 0 aromatic heterocycles. The highest BCUT2D eigenvalue weighted by molar-refractivity contribution is 5.85. The fraction of sp³-hybridized carbons (Fsp3) is 0.474. The van der Waals surface area contributed by atoms with Crippen LogP contribution in [0.5, 0.6) is 0 Å². The second kappa shape index (κ2) is 4.89. The van der Waals surface area contributed by atoms with Crippen molar-refractivity contribution in [3.8, 4) is 0 Å². The Kier molecular flexibility index (Phi) is 3.03. The maximum atomic E-state index is 10.6. The smallest absolute Gasteiger partial charge is 0.0614 e. The monoisotopic (exact) mass is 266 g/mol. The lowest BCUT2D eigenvalue weighted by Crippen LogP contribution is -2.15. The van der Waals surface area contributed by atoms with Crippen molar-refractivity contribution in [3.05, 3.63) is 48.0 Å². The molecule has 0 aliphatic heterocycles. The molecule has 0 spiro atoms. The molecule has 2 aliphatic carbocycles. The fourth-order valence-electron chi connectivity index (χ4n) is 4.45. The van der Waals surface area contributed by atoms with Crippen LogP contribution in [0, 0.1) is 17.8 Å². The predicted molar refractivity (Wildman–Crippen MR) is 82.6 cm³/mol. The molecule has 3 unspecified atom stereocenters. The third-order valence-electron chi connectivity index (χ3n) is 5.48. The average Bonchev–Trinajstić information content (AvgIpc) is 3.22. The zero-order valence-electron chi connectivity index (χ0n) is 11.8. The van der Waals surface area contributed by atoms with Gasteiger partial charge in [-0.3, -0.25) is 0 Å². The quantitative estimate of drug-likeness (QED) is 0.883. The van der Waals surface area contributed by atoms with Crippen molar-refractivity contribution in [2.45, 2.75) is 38.2 Å². The van der Waals surface area contributed by atoms with Crippen LogP contribution < -0.4 is 0 Å². The molecule has 2 aromatic rings. The number of fused-ring (bicyclic) bond motifs is 2. The van der Waals surface area contributed by atoms with Crippen molar-refractivity contribution in [1.82, 2.24) is 0 Å². The van der Waals surface area contributed by atoms with Gasteiger partial charge in [0.2, 0.25) is 0 Å². The maximum absolute atomic E-state index is 10.6. The van der Waals surface area contributed by atoms with E-state index in [0.29, 0.717) is 5.92 Å². The second-order valence-corrected chi connectivity index (χ2v) is 6.60. The van der Waals surface area contributed by atoms with Crippen LogP contribution in [0.1, 0.15) is 31.2 Å². The first-order chi connectivity index (χ1) is 9.84. The molecular formula is C19H22O. The standard InChI is InChI=1S/C19H22O/c20-18(19-16-10-3-4-11-17(16)19)12-14-8-5-7-13-6-1-2-9-15(13)14/h1-2,5-9,16-20H,3-4,10-12H2. The van der Waals surface area contributed by atoms with Gasteiger partial charge in [-0.05, 0) is 53.4 Å². The Morgan fingerprint density at radius 2 is 1.65 bits per heavy atom. The summed E-state index contributed by atoms with van der Waals surface area (Å²) in [6.45, 7) is 0. The maximum Gasteiger partial charge on any atom is 0.0614 e. The first-order valence-corrected chi connectivity index (χ1v) is 7.99. The lowest BCUT2D eigenvalue weighted by atomic mass is 9.97. The molecule has 1 heteroatoms. The number of benzene rings is 2. The number of hydrogen-bond donors (Lipinski definition) is 1. The minimum absolute atomic E-state index is 0.145. The third-order valence-corrected chi connectivity index (χ3v) is 5.48. The SMILES string of the molecule is OC(Cc1cccc2ccccc12)C1C2CCCCC21. The summed E-state index contributed by atoms with van der Waals surface area (Å²) in [7, 11) is 0. The first-order valence-electron chi connectivity index (χ1n) is 7.99. The van der Waals surface area contributed by atoms with Crippen molar-refractivity contribution in [2.75, 3.05) is 0 Å². The molecule has 2 fully saturated rings. The van der Waals surface area contributed by atoms with Crippen LogP contribution in [-0.4, -0.2) is 11.2 Å².